The molecule has 0 saturated heterocycles. The van der Waals surface area contributed by atoms with Gasteiger partial charge in [0, 0.05) is 6.54 Å². The largest absolute Gasteiger partial charge is 0.351 e. The molecule has 0 fully saturated rings. The molecule has 10 heavy (non-hydrogen) atoms. The van der Waals surface area contributed by atoms with Crippen LogP contribution in [0.3, 0.4) is 0 Å². The average Bonchev–Trinajstić information content (AvgIpc) is 2.03. The summed E-state index contributed by atoms with van der Waals surface area (Å²) in [6.07, 6.45) is 5.52. The summed E-state index contributed by atoms with van der Waals surface area (Å²) in [6.45, 7) is 4.18. The molecule has 0 bridgehead atoms. The van der Waals surface area contributed by atoms with Crippen molar-refractivity contribution in [3.8, 4) is 0 Å². The molecule has 0 amide bonds. The maximum atomic E-state index is 3.80. The lowest BCUT2D eigenvalue weighted by Crippen LogP contribution is -2.02. The van der Waals surface area contributed by atoms with E-state index < -0.39 is 0 Å². The Morgan fingerprint density at radius 3 is 3.30 bits per heavy atom. The van der Waals surface area contributed by atoms with Gasteiger partial charge in [-0.05, 0) is 0 Å². The van der Waals surface area contributed by atoms with Gasteiger partial charge in [-0.2, -0.15) is 4.98 Å². The van der Waals surface area contributed by atoms with Gasteiger partial charge in [0.05, 0.1) is 0 Å². The van der Waals surface area contributed by atoms with Gasteiger partial charge in [-0.25, -0.2) is 9.97 Å². The zero-order chi connectivity index (χ0) is 7.23. The summed E-state index contributed by atoms with van der Waals surface area (Å²) in [4.78, 5) is 11.1. The molecule has 1 rings (SSSR count). The Morgan fingerprint density at radius 2 is 2.70 bits per heavy atom. The van der Waals surface area contributed by atoms with E-state index in [4.69, 9.17) is 0 Å². The molecule has 0 aliphatic rings. The van der Waals surface area contributed by atoms with E-state index in [1.165, 1.54) is 6.33 Å². The predicted molar refractivity (Wildman–Crippen MR) is 37.3 cm³/mol. The van der Waals surface area contributed by atoms with E-state index in [2.05, 4.69) is 33.2 Å². The standard InChI is InChI=1S/C6H7N4/c1-2-3-8-6-9-4-7-5-10-6/h2,4H,1,3H2,(H,7,8,9,10). The van der Waals surface area contributed by atoms with Crippen LogP contribution in [0.25, 0.3) is 0 Å². The van der Waals surface area contributed by atoms with Crippen molar-refractivity contribution in [2.24, 2.45) is 0 Å². The molecular formula is C6H7N4. The summed E-state index contributed by atoms with van der Waals surface area (Å²) in [6, 6.07) is 0. The fraction of sp³-hybridized carbons (Fsp3) is 0.167. The van der Waals surface area contributed by atoms with Crippen LogP contribution in [0, 0.1) is 6.33 Å². The lowest BCUT2D eigenvalue weighted by atomic mass is 10.6. The van der Waals surface area contributed by atoms with Crippen LogP contribution in [0.1, 0.15) is 0 Å². The Kier molecular flexibility index (Phi) is 2.37. The zero-order valence-electron chi connectivity index (χ0n) is 5.41. The average molecular weight is 135 g/mol. The van der Waals surface area contributed by atoms with Crippen molar-refractivity contribution in [1.82, 2.24) is 15.0 Å². The van der Waals surface area contributed by atoms with Gasteiger partial charge in [0.25, 0.3) is 0 Å². The minimum atomic E-state index is 0.523. The maximum absolute atomic E-state index is 3.80. The van der Waals surface area contributed by atoms with E-state index in [0.29, 0.717) is 12.5 Å². The first kappa shape index (κ1) is 6.67. The SMILES string of the molecule is C=CCNc1n[c]ncn1. The predicted octanol–water partition coefficient (Wildman–Crippen LogP) is 0.270. The highest BCUT2D eigenvalue weighted by Crippen LogP contribution is 1.88. The summed E-state index contributed by atoms with van der Waals surface area (Å²) < 4.78 is 0. The molecule has 0 saturated carbocycles. The highest BCUT2D eigenvalue weighted by Gasteiger charge is 1.87. The number of anilines is 1. The summed E-state index contributed by atoms with van der Waals surface area (Å²) in [5, 5.41) is 2.88. The molecule has 51 valence electrons. The molecule has 0 aromatic carbocycles. The molecule has 0 atom stereocenters. The Labute approximate surface area is 59.0 Å². The van der Waals surface area contributed by atoms with E-state index in [9.17, 15) is 0 Å². The summed E-state index contributed by atoms with van der Waals surface area (Å²) in [5.74, 6) is 0.523. The lowest BCUT2D eigenvalue weighted by molar-refractivity contribution is 1.02. The summed E-state index contributed by atoms with van der Waals surface area (Å²) in [7, 11) is 0. The van der Waals surface area contributed by atoms with Gasteiger partial charge in [-0.3, -0.25) is 0 Å². The number of hydrogen-bond donors (Lipinski definition) is 1. The highest BCUT2D eigenvalue weighted by atomic mass is 15.1. The molecule has 1 aromatic heterocycles. The Bertz CT molecular complexity index is 196. The number of rotatable bonds is 3. The fourth-order valence-electron chi connectivity index (χ4n) is 0.463. The van der Waals surface area contributed by atoms with E-state index >= 15 is 0 Å². The molecule has 4 heteroatoms. The first-order valence-electron chi connectivity index (χ1n) is 2.83. The van der Waals surface area contributed by atoms with Crippen molar-refractivity contribution in [2.45, 2.75) is 0 Å². The second kappa shape index (κ2) is 3.55. The van der Waals surface area contributed by atoms with Gasteiger partial charge in [-0.1, -0.05) is 6.08 Å². The third-order valence-electron chi connectivity index (χ3n) is 0.856. The second-order valence-corrected chi connectivity index (χ2v) is 1.58. The highest BCUT2D eigenvalue weighted by molar-refractivity contribution is 5.21. The monoisotopic (exact) mass is 135 g/mol. The minimum absolute atomic E-state index is 0.523. The molecule has 0 aliphatic heterocycles. The van der Waals surface area contributed by atoms with Crippen LogP contribution in [0.15, 0.2) is 19.0 Å². The summed E-state index contributed by atoms with van der Waals surface area (Å²) in [5.41, 5.74) is 0. The van der Waals surface area contributed by atoms with Gasteiger partial charge in [0.1, 0.15) is 6.33 Å². The van der Waals surface area contributed by atoms with Crippen LogP contribution in [0.4, 0.5) is 5.95 Å². The van der Waals surface area contributed by atoms with Crippen molar-refractivity contribution in [3.63, 3.8) is 0 Å². The quantitative estimate of drug-likeness (QED) is 0.604. The van der Waals surface area contributed by atoms with Gasteiger partial charge in [-0.15, -0.1) is 6.58 Å². The number of nitrogens with zero attached hydrogens (tertiary/aromatic N) is 3. The minimum Gasteiger partial charge on any atom is -0.351 e. The van der Waals surface area contributed by atoms with Crippen LogP contribution in [0.2, 0.25) is 0 Å². The third-order valence-corrected chi connectivity index (χ3v) is 0.856. The lowest BCUT2D eigenvalue weighted by Gasteiger charge is -1.96. The van der Waals surface area contributed by atoms with Gasteiger partial charge in [0.15, 0.2) is 0 Å². The van der Waals surface area contributed by atoms with Gasteiger partial charge in [0.2, 0.25) is 12.3 Å². The van der Waals surface area contributed by atoms with E-state index in [-0.39, 0.29) is 0 Å². The molecule has 4 nitrogen and oxygen atoms in total. The number of nitrogens with one attached hydrogen (secondary N) is 1. The molecule has 1 aromatic rings. The van der Waals surface area contributed by atoms with E-state index in [1.54, 1.807) is 6.08 Å². The maximum Gasteiger partial charge on any atom is 0.226 e. The topological polar surface area (TPSA) is 50.7 Å². The van der Waals surface area contributed by atoms with Crippen LogP contribution < -0.4 is 5.32 Å². The second-order valence-electron chi connectivity index (χ2n) is 1.58. The fourth-order valence-corrected chi connectivity index (χ4v) is 0.463. The summed E-state index contributed by atoms with van der Waals surface area (Å²) >= 11 is 0. The third kappa shape index (κ3) is 1.81. The normalized spacial score (nSPS) is 8.80. The molecule has 0 unspecified atom stereocenters. The van der Waals surface area contributed by atoms with E-state index in [0.717, 1.165) is 0 Å². The van der Waals surface area contributed by atoms with Gasteiger partial charge < -0.3 is 5.32 Å². The Hall–Kier alpha value is -1.45. The number of aromatic nitrogens is 3. The van der Waals surface area contributed by atoms with Crippen LogP contribution >= 0.6 is 0 Å². The first-order chi connectivity index (χ1) is 4.93. The van der Waals surface area contributed by atoms with Crippen molar-refractivity contribution in [3.05, 3.63) is 25.3 Å². The van der Waals surface area contributed by atoms with Crippen LogP contribution in [-0.4, -0.2) is 21.5 Å². The van der Waals surface area contributed by atoms with Crippen molar-refractivity contribution in [1.29, 1.82) is 0 Å². The van der Waals surface area contributed by atoms with Crippen LogP contribution in [-0.2, 0) is 0 Å². The van der Waals surface area contributed by atoms with Crippen molar-refractivity contribution < 1.29 is 0 Å². The van der Waals surface area contributed by atoms with E-state index in [1.807, 2.05) is 0 Å². The van der Waals surface area contributed by atoms with Crippen molar-refractivity contribution >= 4 is 5.95 Å². The van der Waals surface area contributed by atoms with Gasteiger partial charge >= 0.3 is 0 Å². The van der Waals surface area contributed by atoms with Crippen LogP contribution in [0.5, 0.6) is 0 Å². The zero-order valence-corrected chi connectivity index (χ0v) is 5.41. The molecule has 0 spiro atoms. The smallest absolute Gasteiger partial charge is 0.226 e. The van der Waals surface area contributed by atoms with Crippen molar-refractivity contribution in [2.75, 3.05) is 11.9 Å². The number of hydrogen-bond acceptors (Lipinski definition) is 4. The Balaban J connectivity index is 2.50. The first-order valence-corrected chi connectivity index (χ1v) is 2.83. The Morgan fingerprint density at radius 1 is 1.80 bits per heavy atom. The molecular weight excluding hydrogens is 128 g/mol. The molecule has 1 radical (unpaired) electrons. The molecule has 1 N–H and O–H groups in total. The molecule has 0 aliphatic carbocycles. The molecule has 1 heterocycles.